The van der Waals surface area contributed by atoms with Crippen LogP contribution >= 0.6 is 0 Å². The summed E-state index contributed by atoms with van der Waals surface area (Å²) >= 11 is 0. The monoisotopic (exact) mass is 536 g/mol. The molecule has 1 saturated heterocycles. The number of rotatable bonds is 9. The number of aliphatic carboxylic acids is 1. The summed E-state index contributed by atoms with van der Waals surface area (Å²) < 4.78 is 44.3. The Morgan fingerprint density at radius 3 is 2.10 bits per heavy atom. The molecule has 0 aliphatic carbocycles. The number of halogens is 3. The number of hydrogen-bond donors (Lipinski definition) is 1. The van der Waals surface area contributed by atoms with Gasteiger partial charge in [0.1, 0.15) is 12.4 Å². The van der Waals surface area contributed by atoms with Gasteiger partial charge >= 0.3 is 12.1 Å². The second kappa shape index (κ2) is 12.7. The molecular formula is C31H31F3N2O3. The van der Waals surface area contributed by atoms with Crippen molar-refractivity contribution in [3.8, 4) is 17.6 Å². The molecule has 0 saturated carbocycles. The van der Waals surface area contributed by atoms with E-state index in [-0.39, 0.29) is 12.3 Å². The lowest BCUT2D eigenvalue weighted by atomic mass is 9.96. The third-order valence-corrected chi connectivity index (χ3v) is 6.75. The summed E-state index contributed by atoms with van der Waals surface area (Å²) in [5.41, 5.74) is 3.27. The lowest BCUT2D eigenvalue weighted by Gasteiger charge is -2.36. The van der Waals surface area contributed by atoms with E-state index < -0.39 is 17.7 Å². The van der Waals surface area contributed by atoms with Crippen LogP contribution in [-0.4, -0.2) is 42.2 Å². The number of hydrogen-bond acceptors (Lipinski definition) is 4. The number of carbonyl (C=O) groups is 1. The van der Waals surface area contributed by atoms with E-state index in [0.717, 1.165) is 61.7 Å². The quantitative estimate of drug-likeness (QED) is 0.331. The number of piperazine rings is 1. The van der Waals surface area contributed by atoms with E-state index in [9.17, 15) is 18.0 Å². The van der Waals surface area contributed by atoms with Gasteiger partial charge < -0.3 is 14.7 Å². The average Bonchev–Trinajstić information content (AvgIpc) is 2.93. The number of carboxylic acids is 1. The molecule has 0 amide bonds. The van der Waals surface area contributed by atoms with Gasteiger partial charge in [0, 0.05) is 38.4 Å². The summed E-state index contributed by atoms with van der Waals surface area (Å²) in [7, 11) is 0. The number of nitrogens with zero attached hydrogens (tertiary/aromatic N) is 2. The lowest BCUT2D eigenvalue weighted by molar-refractivity contribution is -0.138. The predicted octanol–water partition coefficient (Wildman–Crippen LogP) is 6.19. The second-order valence-corrected chi connectivity index (χ2v) is 9.53. The van der Waals surface area contributed by atoms with E-state index in [1.807, 2.05) is 36.4 Å². The molecule has 39 heavy (non-hydrogen) atoms. The molecule has 204 valence electrons. The van der Waals surface area contributed by atoms with Gasteiger partial charge in [-0.05, 0) is 60.0 Å². The Hall–Kier alpha value is -3.96. The second-order valence-electron chi connectivity index (χ2n) is 9.53. The van der Waals surface area contributed by atoms with Crippen LogP contribution in [0.2, 0.25) is 0 Å². The van der Waals surface area contributed by atoms with Crippen LogP contribution in [0.5, 0.6) is 5.75 Å². The maximum atomic E-state index is 12.8. The first-order chi connectivity index (χ1) is 18.7. The molecule has 0 spiro atoms. The highest BCUT2D eigenvalue weighted by atomic mass is 19.4. The molecule has 1 heterocycles. The third-order valence-electron chi connectivity index (χ3n) is 6.75. The van der Waals surface area contributed by atoms with E-state index in [1.165, 1.54) is 5.56 Å². The summed E-state index contributed by atoms with van der Waals surface area (Å²) in [4.78, 5) is 15.6. The van der Waals surface area contributed by atoms with Crippen molar-refractivity contribution in [2.24, 2.45) is 0 Å². The fourth-order valence-electron chi connectivity index (χ4n) is 4.59. The van der Waals surface area contributed by atoms with E-state index in [4.69, 9.17) is 9.84 Å². The van der Waals surface area contributed by atoms with Gasteiger partial charge in [0.05, 0.1) is 17.9 Å². The molecule has 8 heteroatoms. The van der Waals surface area contributed by atoms with E-state index in [0.29, 0.717) is 12.4 Å². The van der Waals surface area contributed by atoms with Crippen molar-refractivity contribution < 1.29 is 27.8 Å². The van der Waals surface area contributed by atoms with Crippen molar-refractivity contribution in [2.75, 3.05) is 31.1 Å². The molecule has 1 unspecified atom stereocenters. The first-order valence-corrected chi connectivity index (χ1v) is 12.8. The molecule has 1 aliphatic heterocycles. The van der Waals surface area contributed by atoms with Crippen LogP contribution in [-0.2, 0) is 24.1 Å². The van der Waals surface area contributed by atoms with Crippen molar-refractivity contribution >= 4 is 11.7 Å². The smallest absolute Gasteiger partial charge is 0.416 e. The number of carboxylic acid groups (broad SMARTS) is 1. The first kappa shape index (κ1) is 28.1. The zero-order valence-electron chi connectivity index (χ0n) is 21.7. The Kier molecular flexibility index (Phi) is 9.15. The van der Waals surface area contributed by atoms with Crippen LogP contribution in [0.15, 0.2) is 72.8 Å². The lowest BCUT2D eigenvalue weighted by Crippen LogP contribution is -2.45. The highest BCUT2D eigenvalue weighted by Crippen LogP contribution is 2.31. The predicted molar refractivity (Wildman–Crippen MR) is 145 cm³/mol. The van der Waals surface area contributed by atoms with E-state index in [2.05, 4.69) is 33.8 Å². The van der Waals surface area contributed by atoms with Gasteiger partial charge in [-0.3, -0.25) is 9.69 Å². The van der Waals surface area contributed by atoms with E-state index >= 15 is 0 Å². The summed E-state index contributed by atoms with van der Waals surface area (Å²) in [6, 6.07) is 21.0. The van der Waals surface area contributed by atoms with Crippen LogP contribution in [0.25, 0.3) is 0 Å². The van der Waals surface area contributed by atoms with Gasteiger partial charge in [-0.25, -0.2) is 0 Å². The summed E-state index contributed by atoms with van der Waals surface area (Å²) in [6.07, 6.45) is -4.36. The maximum absolute atomic E-state index is 12.8. The van der Waals surface area contributed by atoms with Gasteiger partial charge in [-0.15, -0.1) is 5.92 Å². The largest absolute Gasteiger partial charge is 0.489 e. The Morgan fingerprint density at radius 2 is 1.54 bits per heavy atom. The van der Waals surface area contributed by atoms with E-state index in [1.54, 1.807) is 19.1 Å². The Balaban J connectivity index is 1.23. The molecule has 1 atom stereocenters. The zero-order chi connectivity index (χ0) is 27.8. The number of alkyl halides is 3. The standard InChI is InChI=1S/C31H31F3N2O3/c1-2-3-26(20-30(37)38)25-8-14-29(15-9-25)39-22-24-6-4-23(5-7-24)21-35-16-18-36(19-17-35)28-12-10-27(11-13-28)31(32,33)34/h4-15,26H,16-22H2,1H3,(H,37,38). The normalized spacial score (nSPS) is 14.8. The molecule has 4 rings (SSSR count). The Morgan fingerprint density at radius 1 is 0.923 bits per heavy atom. The van der Waals surface area contributed by atoms with Crippen LogP contribution in [0, 0.1) is 11.8 Å². The molecule has 3 aromatic carbocycles. The van der Waals surface area contributed by atoms with Crippen LogP contribution in [0.1, 0.15) is 41.5 Å². The minimum Gasteiger partial charge on any atom is -0.489 e. The van der Waals surface area contributed by atoms with Crippen LogP contribution in [0.4, 0.5) is 18.9 Å². The Bertz CT molecular complexity index is 1290. The van der Waals surface area contributed by atoms with Crippen molar-refractivity contribution in [2.45, 2.75) is 38.6 Å². The molecule has 0 aromatic heterocycles. The number of anilines is 1. The van der Waals surface area contributed by atoms with Gasteiger partial charge in [-0.1, -0.05) is 42.3 Å². The number of ether oxygens (including phenoxy) is 1. The van der Waals surface area contributed by atoms with Crippen LogP contribution < -0.4 is 9.64 Å². The molecule has 0 radical (unpaired) electrons. The molecule has 3 aromatic rings. The van der Waals surface area contributed by atoms with Gasteiger partial charge in [0.25, 0.3) is 0 Å². The minimum absolute atomic E-state index is 0.0395. The highest BCUT2D eigenvalue weighted by molar-refractivity contribution is 5.69. The van der Waals surface area contributed by atoms with Crippen molar-refractivity contribution in [1.82, 2.24) is 4.90 Å². The summed E-state index contributed by atoms with van der Waals surface area (Å²) in [6.45, 7) is 6.11. The molecule has 1 aliphatic rings. The average molecular weight is 537 g/mol. The molecule has 5 nitrogen and oxygen atoms in total. The molecular weight excluding hydrogens is 505 g/mol. The minimum atomic E-state index is -4.32. The van der Waals surface area contributed by atoms with Crippen molar-refractivity contribution in [3.63, 3.8) is 0 Å². The molecule has 1 N–H and O–H groups in total. The van der Waals surface area contributed by atoms with Crippen LogP contribution in [0.3, 0.4) is 0 Å². The molecule has 0 bridgehead atoms. The summed E-state index contributed by atoms with van der Waals surface area (Å²) in [5.74, 6) is 5.22. The highest BCUT2D eigenvalue weighted by Gasteiger charge is 2.30. The summed E-state index contributed by atoms with van der Waals surface area (Å²) in [5, 5.41) is 9.10. The molecule has 1 fully saturated rings. The topological polar surface area (TPSA) is 53.0 Å². The third kappa shape index (κ3) is 8.01. The fourth-order valence-corrected chi connectivity index (χ4v) is 4.59. The SMILES string of the molecule is CC#CC(CC(=O)O)c1ccc(OCc2ccc(CN3CCN(c4ccc(C(F)(F)F)cc4)CC3)cc2)cc1. The number of benzene rings is 3. The van der Waals surface area contributed by atoms with Gasteiger partial charge in [-0.2, -0.15) is 13.2 Å². The fraction of sp³-hybridized carbons (Fsp3) is 0.323. The van der Waals surface area contributed by atoms with Crippen molar-refractivity contribution in [3.05, 3.63) is 95.1 Å². The Labute approximate surface area is 226 Å². The van der Waals surface area contributed by atoms with Gasteiger partial charge in [0.2, 0.25) is 0 Å². The maximum Gasteiger partial charge on any atom is 0.416 e. The van der Waals surface area contributed by atoms with Gasteiger partial charge in [0.15, 0.2) is 0 Å². The zero-order valence-corrected chi connectivity index (χ0v) is 21.7. The first-order valence-electron chi connectivity index (χ1n) is 12.8. The van der Waals surface area contributed by atoms with Crippen molar-refractivity contribution in [1.29, 1.82) is 0 Å².